The molecular formula is C14H13NO. The Hall–Kier alpha value is -1.83. The van der Waals surface area contributed by atoms with E-state index in [2.05, 4.69) is 35.2 Å². The summed E-state index contributed by atoms with van der Waals surface area (Å²) in [7, 11) is 0. The van der Waals surface area contributed by atoms with E-state index in [0.717, 1.165) is 12.2 Å². The molecule has 1 aliphatic heterocycles. The van der Waals surface area contributed by atoms with Crippen molar-refractivity contribution in [1.82, 2.24) is 0 Å². The number of hydrogen-bond donors (Lipinski definition) is 0. The molecule has 1 saturated heterocycles. The summed E-state index contributed by atoms with van der Waals surface area (Å²) in [6.45, 7) is 1.43. The van der Waals surface area contributed by atoms with Crippen LogP contribution in [-0.4, -0.2) is 18.9 Å². The Morgan fingerprint density at radius 2 is 1.81 bits per heavy atom. The largest absolute Gasteiger partial charge is 0.364 e. The number of anilines is 1. The number of ketones is 1. The molecule has 0 spiro atoms. The van der Waals surface area contributed by atoms with Gasteiger partial charge in [-0.05, 0) is 22.9 Å². The van der Waals surface area contributed by atoms with Crippen LogP contribution in [0.2, 0.25) is 0 Å². The first kappa shape index (κ1) is 9.40. The van der Waals surface area contributed by atoms with Crippen LogP contribution in [0, 0.1) is 0 Å². The van der Waals surface area contributed by atoms with Crippen LogP contribution in [-0.2, 0) is 4.79 Å². The van der Waals surface area contributed by atoms with E-state index in [-0.39, 0.29) is 0 Å². The zero-order valence-corrected chi connectivity index (χ0v) is 9.02. The van der Waals surface area contributed by atoms with Crippen molar-refractivity contribution >= 4 is 22.2 Å². The van der Waals surface area contributed by atoms with E-state index >= 15 is 0 Å². The summed E-state index contributed by atoms with van der Waals surface area (Å²) < 4.78 is 0. The highest BCUT2D eigenvalue weighted by Crippen LogP contribution is 2.24. The molecule has 0 unspecified atom stereocenters. The van der Waals surface area contributed by atoms with Gasteiger partial charge in [-0.15, -0.1) is 0 Å². The molecule has 2 heteroatoms. The minimum Gasteiger partial charge on any atom is -0.364 e. The minimum atomic E-state index is 0.341. The summed E-state index contributed by atoms with van der Waals surface area (Å²) in [6.07, 6.45) is 0.687. The van der Waals surface area contributed by atoms with Crippen molar-refractivity contribution in [2.75, 3.05) is 18.0 Å². The summed E-state index contributed by atoms with van der Waals surface area (Å²) in [6, 6.07) is 14.7. The first-order valence-corrected chi connectivity index (χ1v) is 5.58. The molecule has 0 aromatic heterocycles. The lowest BCUT2D eigenvalue weighted by atomic mass is 10.1. The molecule has 0 amide bonds. The van der Waals surface area contributed by atoms with Gasteiger partial charge in [0.2, 0.25) is 0 Å². The van der Waals surface area contributed by atoms with Crippen LogP contribution >= 0.6 is 0 Å². The Labute approximate surface area is 94.5 Å². The monoisotopic (exact) mass is 211 g/mol. The van der Waals surface area contributed by atoms with E-state index in [1.54, 1.807) is 0 Å². The van der Waals surface area contributed by atoms with E-state index in [0.29, 0.717) is 18.7 Å². The molecule has 1 heterocycles. The zero-order chi connectivity index (χ0) is 11.0. The van der Waals surface area contributed by atoms with Crippen molar-refractivity contribution < 1.29 is 4.79 Å². The maximum Gasteiger partial charge on any atom is 0.153 e. The van der Waals surface area contributed by atoms with Gasteiger partial charge in [-0.25, -0.2) is 0 Å². The Morgan fingerprint density at radius 1 is 1.00 bits per heavy atom. The number of benzene rings is 2. The summed E-state index contributed by atoms with van der Waals surface area (Å²) in [5, 5.41) is 2.48. The maximum atomic E-state index is 11.2. The molecule has 16 heavy (non-hydrogen) atoms. The third kappa shape index (κ3) is 1.56. The fourth-order valence-electron chi connectivity index (χ4n) is 2.22. The summed E-state index contributed by atoms with van der Waals surface area (Å²) in [5.41, 5.74) is 1.16. The standard InChI is InChI=1S/C14H13NO/c16-14-7-8-15(10-14)13-6-5-11-3-1-2-4-12(11)9-13/h1-6,9H,7-8,10H2. The van der Waals surface area contributed by atoms with Gasteiger partial charge in [0.25, 0.3) is 0 Å². The second-order valence-corrected chi connectivity index (χ2v) is 4.24. The van der Waals surface area contributed by atoms with Crippen LogP contribution in [0.3, 0.4) is 0 Å². The Balaban J connectivity index is 2.02. The molecule has 0 saturated carbocycles. The SMILES string of the molecule is O=C1CCN(c2ccc3ccccc3c2)C1. The van der Waals surface area contributed by atoms with Gasteiger partial charge in [0.15, 0.2) is 5.78 Å². The molecule has 0 bridgehead atoms. The lowest BCUT2D eigenvalue weighted by molar-refractivity contribution is -0.116. The van der Waals surface area contributed by atoms with Gasteiger partial charge in [-0.3, -0.25) is 4.79 Å². The van der Waals surface area contributed by atoms with Crippen molar-refractivity contribution in [1.29, 1.82) is 0 Å². The first-order chi connectivity index (χ1) is 7.83. The van der Waals surface area contributed by atoms with Crippen LogP contribution in [0.1, 0.15) is 6.42 Å². The zero-order valence-electron chi connectivity index (χ0n) is 9.02. The molecule has 0 radical (unpaired) electrons. The second-order valence-electron chi connectivity index (χ2n) is 4.24. The summed E-state index contributed by atoms with van der Waals surface area (Å²) >= 11 is 0. The summed E-state index contributed by atoms with van der Waals surface area (Å²) in [4.78, 5) is 13.4. The van der Waals surface area contributed by atoms with Crippen LogP contribution in [0.15, 0.2) is 42.5 Å². The molecule has 1 fully saturated rings. The Bertz CT molecular complexity index is 547. The van der Waals surface area contributed by atoms with Crippen molar-refractivity contribution in [2.45, 2.75) is 6.42 Å². The normalized spacial score (nSPS) is 16.0. The van der Waals surface area contributed by atoms with Crippen LogP contribution < -0.4 is 4.90 Å². The first-order valence-electron chi connectivity index (χ1n) is 5.58. The molecule has 2 aromatic rings. The smallest absolute Gasteiger partial charge is 0.153 e. The van der Waals surface area contributed by atoms with E-state index in [1.807, 2.05) is 12.1 Å². The molecule has 2 nitrogen and oxygen atoms in total. The van der Waals surface area contributed by atoms with E-state index in [1.165, 1.54) is 10.8 Å². The molecule has 0 aliphatic carbocycles. The van der Waals surface area contributed by atoms with Crippen molar-refractivity contribution in [3.05, 3.63) is 42.5 Å². The van der Waals surface area contributed by atoms with Crippen molar-refractivity contribution in [3.8, 4) is 0 Å². The van der Waals surface area contributed by atoms with Gasteiger partial charge in [0.1, 0.15) is 0 Å². The van der Waals surface area contributed by atoms with Crippen LogP contribution in [0.4, 0.5) is 5.69 Å². The van der Waals surface area contributed by atoms with Gasteiger partial charge in [0, 0.05) is 18.7 Å². The number of Topliss-reactive ketones (excluding diaryl/α,β-unsaturated/α-hetero) is 1. The summed E-state index contributed by atoms with van der Waals surface area (Å²) in [5.74, 6) is 0.341. The Kier molecular flexibility index (Phi) is 2.13. The van der Waals surface area contributed by atoms with Crippen LogP contribution in [0.5, 0.6) is 0 Å². The van der Waals surface area contributed by atoms with E-state index < -0.39 is 0 Å². The molecular weight excluding hydrogens is 198 g/mol. The number of nitrogens with zero attached hydrogens (tertiary/aromatic N) is 1. The van der Waals surface area contributed by atoms with Crippen molar-refractivity contribution in [3.63, 3.8) is 0 Å². The van der Waals surface area contributed by atoms with E-state index in [4.69, 9.17) is 0 Å². The fraction of sp³-hybridized carbons (Fsp3) is 0.214. The second kappa shape index (κ2) is 3.63. The molecule has 3 rings (SSSR count). The lowest BCUT2D eigenvalue weighted by Crippen LogP contribution is -2.19. The predicted octanol–water partition coefficient (Wildman–Crippen LogP) is 2.62. The number of carbonyl (C=O) groups excluding carboxylic acids is 1. The van der Waals surface area contributed by atoms with Gasteiger partial charge in [-0.2, -0.15) is 0 Å². The number of fused-ring (bicyclic) bond motifs is 1. The highest BCUT2D eigenvalue weighted by atomic mass is 16.1. The highest BCUT2D eigenvalue weighted by molar-refractivity contribution is 5.90. The number of rotatable bonds is 1. The number of hydrogen-bond acceptors (Lipinski definition) is 2. The fourth-order valence-corrected chi connectivity index (χ4v) is 2.22. The topological polar surface area (TPSA) is 20.3 Å². The average molecular weight is 211 g/mol. The third-order valence-corrected chi connectivity index (χ3v) is 3.13. The molecule has 0 N–H and O–H groups in total. The van der Waals surface area contributed by atoms with Gasteiger partial charge in [-0.1, -0.05) is 30.3 Å². The predicted molar refractivity (Wildman–Crippen MR) is 65.8 cm³/mol. The molecule has 2 aromatic carbocycles. The van der Waals surface area contributed by atoms with Gasteiger partial charge < -0.3 is 4.90 Å². The molecule has 80 valence electrons. The van der Waals surface area contributed by atoms with Crippen LogP contribution in [0.25, 0.3) is 10.8 Å². The van der Waals surface area contributed by atoms with Crippen molar-refractivity contribution in [2.24, 2.45) is 0 Å². The average Bonchev–Trinajstić information content (AvgIpc) is 2.75. The van der Waals surface area contributed by atoms with Gasteiger partial charge >= 0.3 is 0 Å². The molecule has 1 aliphatic rings. The maximum absolute atomic E-state index is 11.2. The Morgan fingerprint density at radius 3 is 2.56 bits per heavy atom. The number of carbonyl (C=O) groups is 1. The third-order valence-electron chi connectivity index (χ3n) is 3.13. The lowest BCUT2D eigenvalue weighted by Gasteiger charge is -2.16. The molecule has 0 atom stereocenters. The van der Waals surface area contributed by atoms with Gasteiger partial charge in [0.05, 0.1) is 6.54 Å². The quantitative estimate of drug-likeness (QED) is 0.722. The van der Waals surface area contributed by atoms with E-state index in [9.17, 15) is 4.79 Å². The minimum absolute atomic E-state index is 0.341. The highest BCUT2D eigenvalue weighted by Gasteiger charge is 2.19.